The van der Waals surface area contributed by atoms with Crippen molar-refractivity contribution in [1.82, 2.24) is 20.1 Å². The van der Waals surface area contributed by atoms with Gasteiger partial charge in [0.25, 0.3) is 0 Å². The second-order valence-corrected chi connectivity index (χ2v) is 6.53. The average molecular weight is 346 g/mol. The Balaban J connectivity index is 1.45. The van der Waals surface area contributed by atoms with Gasteiger partial charge in [-0.1, -0.05) is 6.07 Å². The maximum absolute atomic E-state index is 12.6. The lowest BCUT2D eigenvalue weighted by atomic mass is 9.96. The van der Waals surface area contributed by atoms with Gasteiger partial charge in [0, 0.05) is 51.0 Å². The maximum Gasteiger partial charge on any atom is 0.317 e. The van der Waals surface area contributed by atoms with Gasteiger partial charge in [0.15, 0.2) is 0 Å². The van der Waals surface area contributed by atoms with Gasteiger partial charge in [-0.3, -0.25) is 9.78 Å². The molecule has 7 heteroatoms. The van der Waals surface area contributed by atoms with Crippen molar-refractivity contribution in [2.45, 2.75) is 19.3 Å². The molecule has 3 rings (SSSR count). The van der Waals surface area contributed by atoms with E-state index in [-0.39, 0.29) is 17.9 Å². The Morgan fingerprint density at radius 3 is 2.80 bits per heavy atom. The van der Waals surface area contributed by atoms with Gasteiger partial charge in [0.1, 0.15) is 0 Å². The number of nitrogens with one attached hydrogen (secondary N) is 1. The number of likely N-dealkylation sites (tertiary alicyclic amines) is 1. The van der Waals surface area contributed by atoms with Crippen LogP contribution in [-0.2, 0) is 16.0 Å². The average Bonchev–Trinajstić information content (AvgIpc) is 2.69. The molecule has 3 heterocycles. The van der Waals surface area contributed by atoms with E-state index >= 15 is 0 Å². The Hall–Kier alpha value is -2.15. The Bertz CT molecular complexity index is 575. The second-order valence-electron chi connectivity index (χ2n) is 6.53. The Labute approximate surface area is 148 Å². The molecule has 0 radical (unpaired) electrons. The number of pyridine rings is 1. The molecule has 0 spiro atoms. The number of morpholine rings is 1. The molecule has 7 nitrogen and oxygen atoms in total. The number of piperidine rings is 1. The molecule has 1 aromatic heterocycles. The van der Waals surface area contributed by atoms with Crippen molar-refractivity contribution in [2.75, 3.05) is 45.9 Å². The number of aromatic nitrogens is 1. The summed E-state index contributed by atoms with van der Waals surface area (Å²) in [6.07, 6.45) is 4.18. The van der Waals surface area contributed by atoms with E-state index in [1.807, 2.05) is 23.1 Å². The van der Waals surface area contributed by atoms with Crippen LogP contribution in [0.1, 0.15) is 18.5 Å². The molecule has 2 fully saturated rings. The van der Waals surface area contributed by atoms with Gasteiger partial charge >= 0.3 is 6.03 Å². The van der Waals surface area contributed by atoms with Crippen LogP contribution >= 0.6 is 0 Å². The summed E-state index contributed by atoms with van der Waals surface area (Å²) in [7, 11) is 0. The van der Waals surface area contributed by atoms with E-state index in [1.54, 1.807) is 11.1 Å². The molecular weight excluding hydrogens is 320 g/mol. The van der Waals surface area contributed by atoms with E-state index in [2.05, 4.69) is 10.3 Å². The van der Waals surface area contributed by atoms with E-state index in [0.29, 0.717) is 52.4 Å². The fraction of sp³-hybridized carbons (Fsp3) is 0.611. The molecule has 0 aliphatic carbocycles. The fourth-order valence-corrected chi connectivity index (χ4v) is 3.36. The van der Waals surface area contributed by atoms with Crippen LogP contribution in [0.4, 0.5) is 4.79 Å². The topological polar surface area (TPSA) is 74.8 Å². The Kier molecular flexibility index (Phi) is 6.22. The first kappa shape index (κ1) is 17.7. The monoisotopic (exact) mass is 346 g/mol. The van der Waals surface area contributed by atoms with Gasteiger partial charge in [-0.25, -0.2) is 4.79 Å². The molecule has 2 aliphatic heterocycles. The summed E-state index contributed by atoms with van der Waals surface area (Å²) in [5, 5.41) is 2.94. The minimum Gasteiger partial charge on any atom is -0.378 e. The van der Waals surface area contributed by atoms with Gasteiger partial charge in [0.2, 0.25) is 5.91 Å². The third-order valence-electron chi connectivity index (χ3n) is 4.76. The summed E-state index contributed by atoms with van der Waals surface area (Å²) < 4.78 is 5.30. The minimum absolute atomic E-state index is 0.0876. The lowest BCUT2D eigenvalue weighted by molar-refractivity contribution is -0.141. The van der Waals surface area contributed by atoms with Crippen molar-refractivity contribution in [3.05, 3.63) is 30.1 Å². The third-order valence-corrected chi connectivity index (χ3v) is 4.76. The van der Waals surface area contributed by atoms with Gasteiger partial charge in [-0.2, -0.15) is 0 Å². The Morgan fingerprint density at radius 1 is 1.20 bits per heavy atom. The zero-order valence-electron chi connectivity index (χ0n) is 14.5. The van der Waals surface area contributed by atoms with Crippen molar-refractivity contribution in [3.63, 3.8) is 0 Å². The summed E-state index contributed by atoms with van der Waals surface area (Å²) in [5.74, 6) is 0.0719. The van der Waals surface area contributed by atoms with Crippen LogP contribution < -0.4 is 5.32 Å². The van der Waals surface area contributed by atoms with Crippen molar-refractivity contribution in [2.24, 2.45) is 5.92 Å². The first-order valence-corrected chi connectivity index (χ1v) is 9.03. The molecule has 1 aromatic rings. The first-order chi connectivity index (χ1) is 12.2. The summed E-state index contributed by atoms with van der Waals surface area (Å²) in [6.45, 7) is 4.30. The van der Waals surface area contributed by atoms with E-state index in [4.69, 9.17) is 4.74 Å². The fourth-order valence-electron chi connectivity index (χ4n) is 3.36. The van der Waals surface area contributed by atoms with Crippen LogP contribution in [0.2, 0.25) is 0 Å². The van der Waals surface area contributed by atoms with E-state index < -0.39 is 0 Å². The van der Waals surface area contributed by atoms with Crippen molar-refractivity contribution in [3.8, 4) is 0 Å². The Morgan fingerprint density at radius 2 is 2.04 bits per heavy atom. The van der Waals surface area contributed by atoms with Crippen LogP contribution in [0.3, 0.4) is 0 Å². The molecule has 25 heavy (non-hydrogen) atoms. The highest BCUT2D eigenvalue weighted by Gasteiger charge is 2.31. The number of rotatable bonds is 4. The molecule has 1 atom stereocenters. The molecule has 0 aromatic carbocycles. The first-order valence-electron chi connectivity index (χ1n) is 9.03. The summed E-state index contributed by atoms with van der Waals surface area (Å²) in [4.78, 5) is 32.9. The number of amides is 3. The highest BCUT2D eigenvalue weighted by atomic mass is 16.5. The third kappa shape index (κ3) is 4.92. The van der Waals surface area contributed by atoms with Crippen LogP contribution in [0.5, 0.6) is 0 Å². The standard InChI is InChI=1S/C18H26N4O3/c23-17(21-10-12-25-13-11-21)15-4-3-9-22(14-15)18(24)20-8-6-16-5-1-2-7-19-16/h1-2,5,7,15H,3-4,6,8-14H2,(H,20,24)/t15-/m1/s1. The second kappa shape index (κ2) is 8.80. The minimum atomic E-state index is -0.0895. The highest BCUT2D eigenvalue weighted by Crippen LogP contribution is 2.19. The van der Waals surface area contributed by atoms with Crippen molar-refractivity contribution < 1.29 is 14.3 Å². The van der Waals surface area contributed by atoms with Gasteiger partial charge in [-0.15, -0.1) is 0 Å². The zero-order chi connectivity index (χ0) is 17.5. The molecule has 0 saturated carbocycles. The number of hydrogen-bond acceptors (Lipinski definition) is 4. The number of carbonyl (C=O) groups excluding carboxylic acids is 2. The lowest BCUT2D eigenvalue weighted by Gasteiger charge is -2.36. The smallest absolute Gasteiger partial charge is 0.317 e. The molecule has 1 N–H and O–H groups in total. The SMILES string of the molecule is O=C(NCCc1ccccn1)N1CCC[C@@H](C(=O)N2CCOCC2)C1. The van der Waals surface area contributed by atoms with Crippen molar-refractivity contribution >= 4 is 11.9 Å². The predicted octanol–water partition coefficient (Wildman–Crippen LogP) is 0.904. The number of ether oxygens (including phenoxy) is 1. The normalized spacial score (nSPS) is 21.0. The van der Waals surface area contributed by atoms with Crippen LogP contribution in [0.25, 0.3) is 0 Å². The van der Waals surface area contributed by atoms with Crippen molar-refractivity contribution in [1.29, 1.82) is 0 Å². The van der Waals surface area contributed by atoms with Gasteiger partial charge < -0.3 is 19.9 Å². The molecule has 2 saturated heterocycles. The largest absolute Gasteiger partial charge is 0.378 e. The van der Waals surface area contributed by atoms with E-state index in [9.17, 15) is 9.59 Å². The number of urea groups is 1. The van der Waals surface area contributed by atoms with Gasteiger partial charge in [-0.05, 0) is 25.0 Å². The lowest BCUT2D eigenvalue weighted by Crippen LogP contribution is -2.51. The van der Waals surface area contributed by atoms with Crippen LogP contribution in [-0.4, -0.2) is 72.7 Å². The maximum atomic E-state index is 12.6. The van der Waals surface area contributed by atoms with E-state index in [1.165, 1.54) is 0 Å². The zero-order valence-corrected chi connectivity index (χ0v) is 14.5. The molecule has 0 unspecified atom stereocenters. The molecule has 0 bridgehead atoms. The summed E-state index contributed by atoms with van der Waals surface area (Å²) in [6, 6.07) is 5.68. The molecule has 136 valence electrons. The van der Waals surface area contributed by atoms with Crippen LogP contribution in [0.15, 0.2) is 24.4 Å². The number of hydrogen-bond donors (Lipinski definition) is 1. The predicted molar refractivity (Wildman–Crippen MR) is 93.0 cm³/mol. The number of carbonyl (C=O) groups is 2. The molecule has 2 aliphatic rings. The highest BCUT2D eigenvalue weighted by molar-refractivity contribution is 5.81. The summed E-state index contributed by atoms with van der Waals surface area (Å²) in [5.41, 5.74) is 0.960. The molecule has 3 amide bonds. The van der Waals surface area contributed by atoms with Gasteiger partial charge in [0.05, 0.1) is 19.1 Å². The molecular formula is C18H26N4O3. The van der Waals surface area contributed by atoms with Crippen LogP contribution in [0, 0.1) is 5.92 Å². The quantitative estimate of drug-likeness (QED) is 0.879. The number of nitrogens with zero attached hydrogens (tertiary/aromatic N) is 3. The summed E-state index contributed by atoms with van der Waals surface area (Å²) >= 11 is 0. The van der Waals surface area contributed by atoms with E-state index in [0.717, 1.165) is 18.5 Å².